The Kier molecular flexibility index (Phi) is 3.55. The molecule has 5 heteroatoms. The minimum Gasteiger partial charge on any atom is -0.317 e. The second-order valence-electron chi connectivity index (χ2n) is 5.23. The molecule has 0 saturated carbocycles. The van der Waals surface area contributed by atoms with Crippen LogP contribution in [0.2, 0.25) is 0 Å². The van der Waals surface area contributed by atoms with Crippen molar-refractivity contribution in [3.05, 3.63) is 29.8 Å². The highest BCUT2D eigenvalue weighted by atomic mass is 15.1. The molecule has 100 valence electrons. The number of aromatic amines is 1. The third-order valence-corrected chi connectivity index (χ3v) is 3.65. The Balaban J connectivity index is 1.75. The number of nitrogens with zero attached hydrogens (tertiary/aromatic N) is 3. The average Bonchev–Trinajstić information content (AvgIpc) is 2.87. The summed E-state index contributed by atoms with van der Waals surface area (Å²) < 4.78 is 0. The fourth-order valence-electron chi connectivity index (χ4n) is 2.58. The first-order chi connectivity index (χ1) is 9.31. The highest BCUT2D eigenvalue weighted by molar-refractivity contribution is 5.54. The number of nitrogens with one attached hydrogen (secondary N) is 2. The van der Waals surface area contributed by atoms with Crippen molar-refractivity contribution < 1.29 is 0 Å². The lowest BCUT2D eigenvalue weighted by molar-refractivity contribution is 0.370. The van der Waals surface area contributed by atoms with Gasteiger partial charge in [-0.3, -0.25) is 5.10 Å². The van der Waals surface area contributed by atoms with E-state index >= 15 is 0 Å². The minimum absolute atomic E-state index is 0.741. The van der Waals surface area contributed by atoms with E-state index < -0.39 is 0 Å². The monoisotopic (exact) mass is 257 g/mol. The van der Waals surface area contributed by atoms with Crippen molar-refractivity contribution >= 4 is 0 Å². The van der Waals surface area contributed by atoms with E-state index in [1.165, 1.54) is 12.8 Å². The largest absolute Gasteiger partial charge is 0.317 e. The first-order valence-electron chi connectivity index (χ1n) is 6.85. The van der Waals surface area contributed by atoms with E-state index in [0.717, 1.165) is 48.2 Å². The zero-order valence-electron chi connectivity index (χ0n) is 11.2. The molecule has 0 atom stereocenters. The number of aryl methyl sites for hydroxylation is 1. The summed E-state index contributed by atoms with van der Waals surface area (Å²) in [4.78, 5) is 8.71. The van der Waals surface area contributed by atoms with E-state index in [9.17, 15) is 0 Å². The van der Waals surface area contributed by atoms with Gasteiger partial charge in [0, 0.05) is 11.4 Å². The van der Waals surface area contributed by atoms with Crippen molar-refractivity contribution in [3.63, 3.8) is 0 Å². The Morgan fingerprint density at radius 3 is 2.74 bits per heavy atom. The molecule has 3 rings (SSSR count). The lowest BCUT2D eigenvalue weighted by Crippen LogP contribution is -2.28. The molecule has 1 aliphatic rings. The van der Waals surface area contributed by atoms with E-state index in [0.29, 0.717) is 0 Å². The number of rotatable bonds is 3. The predicted molar refractivity (Wildman–Crippen MR) is 73.6 cm³/mol. The maximum Gasteiger partial charge on any atom is 0.116 e. The maximum atomic E-state index is 4.40. The van der Waals surface area contributed by atoms with Gasteiger partial charge < -0.3 is 5.32 Å². The second-order valence-corrected chi connectivity index (χ2v) is 5.23. The number of hydrogen-bond donors (Lipinski definition) is 2. The Morgan fingerprint density at radius 1 is 1.16 bits per heavy atom. The van der Waals surface area contributed by atoms with Crippen molar-refractivity contribution in [2.45, 2.75) is 26.2 Å². The van der Waals surface area contributed by atoms with Crippen LogP contribution < -0.4 is 5.32 Å². The minimum atomic E-state index is 0.741. The van der Waals surface area contributed by atoms with E-state index in [2.05, 4.69) is 31.5 Å². The molecule has 0 aliphatic carbocycles. The summed E-state index contributed by atoms with van der Waals surface area (Å²) in [6.07, 6.45) is 5.16. The Hall–Kier alpha value is -1.75. The standard InChI is InChI=1S/C14H19N5/c1-10-6-14(19-18-10)13-8-12(16-9-17-13)7-11-2-4-15-5-3-11/h6,8-9,11,15H,2-5,7H2,1H3,(H,18,19). The smallest absolute Gasteiger partial charge is 0.116 e. The highest BCUT2D eigenvalue weighted by Crippen LogP contribution is 2.20. The van der Waals surface area contributed by atoms with Crippen molar-refractivity contribution in [2.75, 3.05) is 13.1 Å². The molecule has 5 nitrogen and oxygen atoms in total. The average molecular weight is 257 g/mol. The molecule has 0 amide bonds. The predicted octanol–water partition coefficient (Wildman–Crippen LogP) is 1.72. The Bertz CT molecular complexity index is 542. The molecule has 1 aliphatic heterocycles. The number of hydrogen-bond acceptors (Lipinski definition) is 4. The quantitative estimate of drug-likeness (QED) is 0.878. The van der Waals surface area contributed by atoms with Crippen LogP contribution in [0, 0.1) is 12.8 Å². The van der Waals surface area contributed by atoms with Gasteiger partial charge in [-0.15, -0.1) is 0 Å². The van der Waals surface area contributed by atoms with Gasteiger partial charge in [-0.05, 0) is 57.3 Å². The van der Waals surface area contributed by atoms with Crippen LogP contribution in [0.4, 0.5) is 0 Å². The topological polar surface area (TPSA) is 66.5 Å². The normalized spacial score (nSPS) is 16.7. The third kappa shape index (κ3) is 2.98. The van der Waals surface area contributed by atoms with Crippen LogP contribution in [0.15, 0.2) is 18.5 Å². The molecule has 0 spiro atoms. The summed E-state index contributed by atoms with van der Waals surface area (Å²) >= 11 is 0. The van der Waals surface area contributed by atoms with Crippen LogP contribution in [-0.2, 0) is 6.42 Å². The van der Waals surface area contributed by atoms with Gasteiger partial charge in [0.05, 0.1) is 5.69 Å². The Morgan fingerprint density at radius 2 is 2.00 bits per heavy atom. The van der Waals surface area contributed by atoms with Crippen LogP contribution in [-0.4, -0.2) is 33.3 Å². The zero-order chi connectivity index (χ0) is 13.1. The molecule has 2 aromatic heterocycles. The second kappa shape index (κ2) is 5.48. The molecular weight excluding hydrogens is 238 g/mol. The summed E-state index contributed by atoms with van der Waals surface area (Å²) in [6.45, 7) is 4.25. The first kappa shape index (κ1) is 12.3. The van der Waals surface area contributed by atoms with Crippen LogP contribution in [0.25, 0.3) is 11.4 Å². The lowest BCUT2D eigenvalue weighted by atomic mass is 9.93. The van der Waals surface area contributed by atoms with Gasteiger partial charge in [-0.2, -0.15) is 5.10 Å². The van der Waals surface area contributed by atoms with Crippen LogP contribution in [0.3, 0.4) is 0 Å². The van der Waals surface area contributed by atoms with E-state index in [1.54, 1.807) is 6.33 Å². The van der Waals surface area contributed by atoms with Crippen molar-refractivity contribution in [2.24, 2.45) is 5.92 Å². The Labute approximate surface area is 112 Å². The zero-order valence-corrected chi connectivity index (χ0v) is 11.2. The van der Waals surface area contributed by atoms with Gasteiger partial charge in [0.2, 0.25) is 0 Å². The number of piperidine rings is 1. The summed E-state index contributed by atoms with van der Waals surface area (Å²) in [5.41, 5.74) is 3.97. The molecule has 0 aromatic carbocycles. The van der Waals surface area contributed by atoms with Gasteiger partial charge in [0.1, 0.15) is 12.0 Å². The van der Waals surface area contributed by atoms with Crippen molar-refractivity contribution in [1.82, 2.24) is 25.5 Å². The third-order valence-electron chi connectivity index (χ3n) is 3.65. The van der Waals surface area contributed by atoms with Crippen LogP contribution in [0.5, 0.6) is 0 Å². The maximum absolute atomic E-state index is 4.40. The molecule has 1 fully saturated rings. The first-order valence-corrected chi connectivity index (χ1v) is 6.85. The van der Waals surface area contributed by atoms with E-state index in [-0.39, 0.29) is 0 Å². The molecule has 19 heavy (non-hydrogen) atoms. The van der Waals surface area contributed by atoms with Gasteiger partial charge in [-0.1, -0.05) is 0 Å². The molecule has 0 bridgehead atoms. The summed E-state index contributed by atoms with van der Waals surface area (Å²) in [5.74, 6) is 0.741. The van der Waals surface area contributed by atoms with E-state index in [4.69, 9.17) is 0 Å². The fraction of sp³-hybridized carbons (Fsp3) is 0.500. The SMILES string of the molecule is Cc1cc(-c2cc(CC3CCNCC3)ncn2)n[nH]1. The molecule has 3 heterocycles. The lowest BCUT2D eigenvalue weighted by Gasteiger charge is -2.22. The number of aromatic nitrogens is 4. The van der Waals surface area contributed by atoms with Gasteiger partial charge >= 0.3 is 0 Å². The molecule has 1 saturated heterocycles. The van der Waals surface area contributed by atoms with Crippen molar-refractivity contribution in [1.29, 1.82) is 0 Å². The summed E-state index contributed by atoms with van der Waals surface area (Å²) in [7, 11) is 0. The van der Waals surface area contributed by atoms with Gasteiger partial charge in [0.25, 0.3) is 0 Å². The van der Waals surface area contributed by atoms with Gasteiger partial charge in [-0.25, -0.2) is 9.97 Å². The van der Waals surface area contributed by atoms with E-state index in [1.807, 2.05) is 13.0 Å². The summed E-state index contributed by atoms with van der Waals surface area (Å²) in [5, 5.41) is 10.6. The fourth-order valence-corrected chi connectivity index (χ4v) is 2.58. The van der Waals surface area contributed by atoms with Crippen LogP contribution in [0.1, 0.15) is 24.2 Å². The van der Waals surface area contributed by atoms with Crippen LogP contribution >= 0.6 is 0 Å². The van der Waals surface area contributed by atoms with Crippen molar-refractivity contribution in [3.8, 4) is 11.4 Å². The van der Waals surface area contributed by atoms with Gasteiger partial charge in [0.15, 0.2) is 0 Å². The highest BCUT2D eigenvalue weighted by Gasteiger charge is 2.15. The summed E-state index contributed by atoms with van der Waals surface area (Å²) in [6, 6.07) is 4.08. The number of H-pyrrole nitrogens is 1. The molecule has 2 aromatic rings. The molecule has 0 radical (unpaired) electrons. The molecule has 0 unspecified atom stereocenters. The molecule has 2 N–H and O–H groups in total. The molecular formula is C14H19N5.